The van der Waals surface area contributed by atoms with Gasteiger partial charge in [-0.1, -0.05) is 43.7 Å². The van der Waals surface area contributed by atoms with Crippen LogP contribution in [-0.4, -0.2) is 15.3 Å². The zero-order chi connectivity index (χ0) is 18.0. The average molecular weight is 358 g/mol. The summed E-state index contributed by atoms with van der Waals surface area (Å²) in [6.45, 7) is 8.35. The molecule has 2 atom stereocenters. The molecule has 0 aliphatic heterocycles. The molecule has 0 saturated heterocycles. The molecule has 6 heteroatoms. The maximum absolute atomic E-state index is 12.3. The molecule has 25 heavy (non-hydrogen) atoms. The number of esters is 1. The van der Waals surface area contributed by atoms with Crippen LogP contribution >= 0.6 is 11.5 Å². The number of aromatic nitrogens is 2. The minimum atomic E-state index is -0.187. The van der Waals surface area contributed by atoms with Crippen molar-refractivity contribution in [1.82, 2.24) is 9.36 Å². The van der Waals surface area contributed by atoms with Crippen molar-refractivity contribution in [3.05, 3.63) is 47.8 Å². The van der Waals surface area contributed by atoms with Crippen LogP contribution in [0, 0.1) is 17.3 Å². The van der Waals surface area contributed by atoms with E-state index in [1.54, 1.807) is 0 Å². The summed E-state index contributed by atoms with van der Waals surface area (Å²) in [6, 6.07) is 9.39. The van der Waals surface area contributed by atoms with Crippen LogP contribution < -0.4 is 4.74 Å². The lowest BCUT2D eigenvalue weighted by atomic mass is 10.1. The molecule has 5 nitrogen and oxygen atoms in total. The number of para-hydroxylation sites is 1. The van der Waals surface area contributed by atoms with Gasteiger partial charge in [-0.25, -0.2) is 0 Å². The van der Waals surface area contributed by atoms with E-state index < -0.39 is 0 Å². The Hall–Kier alpha value is -2.21. The minimum absolute atomic E-state index is 0.0502. The molecule has 0 bridgehead atoms. The van der Waals surface area contributed by atoms with E-state index in [0.29, 0.717) is 16.8 Å². The average Bonchev–Trinajstić information content (AvgIpc) is 2.90. The third kappa shape index (κ3) is 4.07. The normalized spacial score (nSPS) is 20.6. The molecule has 0 amide bonds. The van der Waals surface area contributed by atoms with Crippen molar-refractivity contribution in [2.75, 3.05) is 0 Å². The summed E-state index contributed by atoms with van der Waals surface area (Å²) < 4.78 is 15.2. The second kappa shape index (κ2) is 6.96. The molecule has 1 aliphatic rings. The van der Waals surface area contributed by atoms with Crippen LogP contribution in [0.1, 0.15) is 33.5 Å². The van der Waals surface area contributed by atoms with Gasteiger partial charge in [-0.3, -0.25) is 4.79 Å². The van der Waals surface area contributed by atoms with E-state index in [1.807, 2.05) is 44.2 Å². The Bertz CT molecular complexity index is 779. The molecule has 1 aromatic heterocycles. The second-order valence-electron chi connectivity index (χ2n) is 7.07. The Kier molecular flexibility index (Phi) is 4.90. The van der Waals surface area contributed by atoms with Gasteiger partial charge >= 0.3 is 5.97 Å². The Morgan fingerprint density at radius 1 is 1.28 bits per heavy atom. The summed E-state index contributed by atoms with van der Waals surface area (Å²) in [4.78, 5) is 16.6. The van der Waals surface area contributed by atoms with Crippen LogP contribution in [0.4, 0.5) is 0 Å². The van der Waals surface area contributed by atoms with Gasteiger partial charge in [0.05, 0.1) is 5.92 Å². The molecule has 1 aromatic carbocycles. The molecule has 0 unspecified atom stereocenters. The second-order valence-corrected chi connectivity index (χ2v) is 7.78. The van der Waals surface area contributed by atoms with Crippen molar-refractivity contribution >= 4 is 17.5 Å². The Morgan fingerprint density at radius 2 is 2.00 bits per heavy atom. The van der Waals surface area contributed by atoms with Crippen molar-refractivity contribution in [1.29, 1.82) is 0 Å². The number of allylic oxidation sites excluding steroid dienone is 2. The van der Waals surface area contributed by atoms with Crippen molar-refractivity contribution in [2.45, 2.75) is 34.3 Å². The maximum Gasteiger partial charge on any atom is 0.310 e. The Morgan fingerprint density at radius 3 is 2.68 bits per heavy atom. The lowest BCUT2D eigenvalue weighted by molar-refractivity contribution is -0.147. The number of hydrogen-bond donors (Lipinski definition) is 0. The van der Waals surface area contributed by atoms with Gasteiger partial charge in [0.1, 0.15) is 5.75 Å². The third-order valence-corrected chi connectivity index (χ3v) is 5.05. The predicted octanol–water partition coefficient (Wildman–Crippen LogP) is 4.61. The smallest absolute Gasteiger partial charge is 0.310 e. The molecule has 0 radical (unpaired) electrons. The predicted molar refractivity (Wildman–Crippen MR) is 96.4 cm³/mol. The zero-order valence-corrected chi connectivity index (χ0v) is 15.7. The van der Waals surface area contributed by atoms with Gasteiger partial charge in [-0.15, -0.1) is 0 Å². The van der Waals surface area contributed by atoms with Gasteiger partial charge in [0.15, 0.2) is 12.4 Å². The van der Waals surface area contributed by atoms with Crippen molar-refractivity contribution in [3.8, 4) is 10.9 Å². The Balaban J connectivity index is 1.54. The molecule has 1 fully saturated rings. The summed E-state index contributed by atoms with van der Waals surface area (Å²) >= 11 is 1.14. The van der Waals surface area contributed by atoms with Crippen LogP contribution in [-0.2, 0) is 16.1 Å². The van der Waals surface area contributed by atoms with E-state index in [4.69, 9.17) is 9.47 Å². The molecule has 1 aliphatic carbocycles. The number of ether oxygens (including phenoxy) is 2. The summed E-state index contributed by atoms with van der Waals surface area (Å²) in [6.07, 6.45) is 2.15. The molecule has 3 rings (SSSR count). The number of carbonyl (C=O) groups excluding carboxylic acids is 1. The molecule has 132 valence electrons. The van der Waals surface area contributed by atoms with E-state index in [9.17, 15) is 4.79 Å². The number of nitrogens with zero attached hydrogens (tertiary/aromatic N) is 2. The van der Waals surface area contributed by atoms with E-state index in [1.165, 1.54) is 5.57 Å². The summed E-state index contributed by atoms with van der Waals surface area (Å²) in [5, 5.41) is 0.436. The standard InChI is InChI=1S/C19H22N2O3S/c1-12(2)10-14-16(19(14,3)4)17(22)23-11-15-20-18(25-21-15)24-13-8-6-5-7-9-13/h5-10,14,16H,11H2,1-4H3/t14-,16+/m1/s1. The highest BCUT2D eigenvalue weighted by molar-refractivity contribution is 7.07. The van der Waals surface area contributed by atoms with Gasteiger partial charge in [0, 0.05) is 11.5 Å². The first-order valence-corrected chi connectivity index (χ1v) is 9.02. The van der Waals surface area contributed by atoms with E-state index in [-0.39, 0.29) is 29.8 Å². The molecule has 0 N–H and O–H groups in total. The number of carbonyl (C=O) groups is 1. The Labute approximate surface area is 151 Å². The number of hydrogen-bond acceptors (Lipinski definition) is 6. The van der Waals surface area contributed by atoms with Crippen molar-refractivity contribution in [2.24, 2.45) is 17.3 Å². The highest BCUT2D eigenvalue weighted by Crippen LogP contribution is 2.59. The molecule has 1 heterocycles. The molecule has 2 aromatic rings. The monoisotopic (exact) mass is 358 g/mol. The number of rotatable bonds is 6. The van der Waals surface area contributed by atoms with Gasteiger partial charge in [0.25, 0.3) is 5.19 Å². The topological polar surface area (TPSA) is 61.3 Å². The van der Waals surface area contributed by atoms with Gasteiger partial charge < -0.3 is 9.47 Å². The van der Waals surface area contributed by atoms with Crippen LogP contribution in [0.5, 0.6) is 10.9 Å². The third-order valence-electron chi connectivity index (χ3n) is 4.42. The van der Waals surface area contributed by atoms with Crippen LogP contribution in [0.25, 0.3) is 0 Å². The lowest BCUT2D eigenvalue weighted by Gasteiger charge is -2.03. The highest BCUT2D eigenvalue weighted by atomic mass is 32.1. The molecule has 1 saturated carbocycles. The fourth-order valence-corrected chi connectivity index (χ4v) is 3.51. The molecular weight excluding hydrogens is 336 g/mol. The quantitative estimate of drug-likeness (QED) is 0.557. The number of benzene rings is 1. The highest BCUT2D eigenvalue weighted by Gasteiger charge is 2.61. The fraction of sp³-hybridized carbons (Fsp3) is 0.421. The van der Waals surface area contributed by atoms with E-state index in [2.05, 4.69) is 29.3 Å². The van der Waals surface area contributed by atoms with Crippen LogP contribution in [0.3, 0.4) is 0 Å². The molecular formula is C19H22N2O3S. The summed E-state index contributed by atoms with van der Waals surface area (Å²) in [5.41, 5.74) is 1.17. The summed E-state index contributed by atoms with van der Waals surface area (Å²) in [5.74, 6) is 1.12. The van der Waals surface area contributed by atoms with Crippen molar-refractivity contribution < 1.29 is 14.3 Å². The van der Waals surface area contributed by atoms with E-state index >= 15 is 0 Å². The largest absolute Gasteiger partial charge is 0.457 e. The first-order valence-electron chi connectivity index (χ1n) is 8.25. The molecule has 0 spiro atoms. The first kappa shape index (κ1) is 17.6. The zero-order valence-electron chi connectivity index (χ0n) is 14.9. The SMILES string of the molecule is CC(C)=C[C@@H]1[C@@H](C(=O)OCc2nsc(Oc3ccccc3)n2)C1(C)C. The van der Waals surface area contributed by atoms with Gasteiger partial charge in [0.2, 0.25) is 0 Å². The fourth-order valence-electron chi connectivity index (χ4n) is 2.95. The summed E-state index contributed by atoms with van der Waals surface area (Å²) in [7, 11) is 0. The van der Waals surface area contributed by atoms with Gasteiger partial charge in [-0.2, -0.15) is 9.36 Å². The first-order chi connectivity index (χ1) is 11.9. The van der Waals surface area contributed by atoms with Crippen LogP contribution in [0.15, 0.2) is 42.0 Å². The van der Waals surface area contributed by atoms with E-state index in [0.717, 1.165) is 11.5 Å². The lowest BCUT2D eigenvalue weighted by Crippen LogP contribution is -2.11. The van der Waals surface area contributed by atoms with Crippen molar-refractivity contribution in [3.63, 3.8) is 0 Å². The van der Waals surface area contributed by atoms with Crippen LogP contribution in [0.2, 0.25) is 0 Å². The maximum atomic E-state index is 12.3. The van der Waals surface area contributed by atoms with Gasteiger partial charge in [-0.05, 0) is 37.3 Å². The minimum Gasteiger partial charge on any atom is -0.457 e.